The first kappa shape index (κ1) is 48.3. The Morgan fingerprint density at radius 1 is 0.984 bits per heavy atom. The number of anilines is 1. The summed E-state index contributed by atoms with van der Waals surface area (Å²) < 4.78 is 11.1. The van der Waals surface area contributed by atoms with E-state index >= 15 is 0 Å². The number of unbranched alkanes of at least 4 members (excludes halogenated alkanes) is 3. The first-order valence-electron chi connectivity index (χ1n) is 24.7. The lowest BCUT2D eigenvalue weighted by atomic mass is 9.66. The predicted molar refractivity (Wildman–Crippen MR) is 253 cm³/mol. The van der Waals surface area contributed by atoms with E-state index in [1.54, 1.807) is 12.3 Å². The van der Waals surface area contributed by atoms with Crippen LogP contribution in [-0.4, -0.2) is 97.7 Å². The van der Waals surface area contributed by atoms with Crippen LogP contribution in [0.3, 0.4) is 0 Å². The number of hydrogen-bond donors (Lipinski definition) is 8. The second-order valence-corrected chi connectivity index (χ2v) is 19.9. The van der Waals surface area contributed by atoms with Crippen LogP contribution in [0.4, 0.5) is 5.82 Å². The van der Waals surface area contributed by atoms with Crippen molar-refractivity contribution in [3.8, 4) is 11.5 Å². The maximum absolute atomic E-state index is 11.5. The average Bonchev–Trinajstić information content (AvgIpc) is 4.11. The third-order valence-corrected chi connectivity index (χ3v) is 15.1. The Morgan fingerprint density at radius 3 is 2.59 bits per heavy atom. The van der Waals surface area contributed by atoms with Crippen molar-refractivity contribution in [1.82, 2.24) is 10.3 Å². The number of nitrogen functional groups attached to an aromatic ring is 1. The Hall–Kier alpha value is -3.62. The fourth-order valence-electron chi connectivity index (χ4n) is 11.7. The molecule has 1 unspecified atom stereocenters. The highest BCUT2D eigenvalue weighted by atomic mass is 16.5. The number of benzene rings is 1. The van der Waals surface area contributed by atoms with Gasteiger partial charge in [-0.15, -0.1) is 16.6 Å². The molecule has 5 aliphatic rings. The highest BCUT2D eigenvalue weighted by Crippen LogP contribution is 2.61. The molecule has 1 spiro atoms. The molecular formula is C52H78N5O7+. The fourth-order valence-corrected chi connectivity index (χ4v) is 11.7. The quantitative estimate of drug-likeness (QED) is 0.0300. The van der Waals surface area contributed by atoms with Gasteiger partial charge in [-0.3, -0.25) is 0 Å². The number of fused-ring (bicyclic) bond motifs is 3. The van der Waals surface area contributed by atoms with Gasteiger partial charge in [0.25, 0.3) is 0 Å². The Labute approximate surface area is 382 Å². The largest absolute Gasteiger partial charge is 0.504 e. The molecule has 1 aromatic heterocycles. The van der Waals surface area contributed by atoms with E-state index in [9.17, 15) is 25.5 Å². The van der Waals surface area contributed by atoms with Crippen LogP contribution in [0.25, 0.3) is 0 Å². The fraction of sp³-hybridized carbons (Fsp3) is 0.654. The summed E-state index contributed by atoms with van der Waals surface area (Å²) in [5.41, 5.74) is 17.3. The summed E-state index contributed by atoms with van der Waals surface area (Å²) in [6.45, 7) is 3.16. The number of phenols is 1. The Balaban J connectivity index is 0.826. The summed E-state index contributed by atoms with van der Waals surface area (Å²) >= 11 is 0. The molecule has 3 saturated carbocycles. The summed E-state index contributed by atoms with van der Waals surface area (Å²) in [6.07, 6.45) is 25.5. The van der Waals surface area contributed by atoms with E-state index in [1.165, 1.54) is 50.9 Å². The molecular weight excluding hydrogens is 807 g/mol. The summed E-state index contributed by atoms with van der Waals surface area (Å²) in [5, 5.41) is 56.4. The van der Waals surface area contributed by atoms with Gasteiger partial charge in [-0.2, -0.15) is 0 Å². The predicted octanol–water partition coefficient (Wildman–Crippen LogP) is 6.72. The molecule has 12 heteroatoms. The van der Waals surface area contributed by atoms with Crippen molar-refractivity contribution in [3.05, 3.63) is 83.1 Å². The van der Waals surface area contributed by atoms with Crippen LogP contribution in [0.5, 0.6) is 11.5 Å². The molecule has 1 aromatic carbocycles. The van der Waals surface area contributed by atoms with Gasteiger partial charge in [0, 0.05) is 44.8 Å². The lowest BCUT2D eigenvalue weighted by Crippen LogP contribution is -2.38. The van der Waals surface area contributed by atoms with Gasteiger partial charge >= 0.3 is 0 Å². The Morgan fingerprint density at radius 2 is 1.80 bits per heavy atom. The number of aliphatic imine (C=N–C) groups is 1. The molecule has 0 saturated heterocycles. The molecule has 8 atom stereocenters. The molecule has 3 aliphatic carbocycles. The van der Waals surface area contributed by atoms with Gasteiger partial charge in [-0.05, 0) is 137 Å². The zero-order valence-corrected chi connectivity index (χ0v) is 38.3. The number of aromatic nitrogens is 1. The third kappa shape index (κ3) is 12.8. The van der Waals surface area contributed by atoms with Crippen LogP contribution < -0.4 is 21.5 Å². The van der Waals surface area contributed by atoms with Gasteiger partial charge in [-0.1, -0.05) is 44.6 Å². The van der Waals surface area contributed by atoms with Crippen molar-refractivity contribution in [2.24, 2.45) is 33.9 Å². The normalized spacial score (nSPS) is 24.5. The number of aliphatic hydroxyl groups is 6. The first-order chi connectivity index (χ1) is 31.0. The number of nitrogens with one attached hydrogen (secondary N) is 1. The number of hydrogen-bond acceptors (Lipinski definition) is 11. The van der Waals surface area contributed by atoms with E-state index in [0.717, 1.165) is 92.8 Å². The molecule has 0 bridgehead atoms. The second kappa shape index (κ2) is 23.2. The first-order valence-corrected chi connectivity index (χ1v) is 24.7. The topological polar surface area (TPSA) is 212 Å². The highest BCUT2D eigenvalue weighted by molar-refractivity contribution is 6.03. The zero-order chi connectivity index (χ0) is 45.1. The van der Waals surface area contributed by atoms with Crippen LogP contribution in [0.15, 0.2) is 64.9 Å². The van der Waals surface area contributed by atoms with Crippen molar-refractivity contribution < 1.29 is 35.0 Å². The summed E-state index contributed by atoms with van der Waals surface area (Å²) in [6, 6.07) is 9.28. The van der Waals surface area contributed by atoms with Crippen molar-refractivity contribution in [1.29, 1.82) is 0 Å². The smallest absolute Gasteiger partial charge is 0.208 e. The van der Waals surface area contributed by atoms with Gasteiger partial charge in [0.05, 0.1) is 24.2 Å². The zero-order valence-electron chi connectivity index (χ0n) is 38.3. The number of phenolic OH excluding ortho intramolecular Hbond substituents is 1. The summed E-state index contributed by atoms with van der Waals surface area (Å²) in [7, 11) is 0. The maximum atomic E-state index is 11.5. The molecule has 3 fully saturated rings. The van der Waals surface area contributed by atoms with E-state index in [0.29, 0.717) is 72.7 Å². The van der Waals surface area contributed by atoms with Crippen molar-refractivity contribution in [2.75, 3.05) is 32.0 Å². The minimum atomic E-state index is -0.940. The number of aryl methyl sites for hydroxylation is 2. The minimum absolute atomic E-state index is 0.00174. The van der Waals surface area contributed by atoms with Gasteiger partial charge in [-0.25, -0.2) is 4.98 Å². The van der Waals surface area contributed by atoms with Crippen molar-refractivity contribution in [2.45, 2.75) is 166 Å². The molecule has 2 aliphatic heterocycles. The standard InChI is InChI=1S/C52H77N5O7/c1-34(59)30-55-31-43-41-10-8-11-44(41)52(22-6-7-23-52)29-46-42(43)28-45(57-46)48(62)33-63-50-25-35(15-20-47(50)61)14-19-40-27-37(32-58)49(64-40)12-5-3-2-4-9-38(53)16-18-39(60)17-13-36-21-24-56-51(54)26-36/h15,20-21,24-28,34,38-39,41,43-44,48-49,55,58-60,62,64H,2-14,16-19,22-23,29-33,53H2,1H3,(H2-,54,56,61)/p+1/t34-,38-,39+,41-,43-,44-,48-,49?/m0/s1. The summed E-state index contributed by atoms with van der Waals surface area (Å²) in [5.74, 6) is 3.72. The van der Waals surface area contributed by atoms with Crippen LogP contribution in [0.2, 0.25) is 0 Å². The number of allylic oxidation sites excluding steroid dienone is 1. The molecule has 12 nitrogen and oxygen atoms in total. The van der Waals surface area contributed by atoms with Gasteiger partial charge in [0.15, 0.2) is 17.6 Å². The molecule has 2 aromatic rings. The van der Waals surface area contributed by atoms with Crippen molar-refractivity contribution >= 4 is 11.5 Å². The third-order valence-electron chi connectivity index (χ3n) is 15.1. The van der Waals surface area contributed by atoms with Crippen LogP contribution >= 0.6 is 0 Å². The lowest BCUT2D eigenvalue weighted by molar-refractivity contribution is -0.0552. The number of rotatable bonds is 25. The maximum Gasteiger partial charge on any atom is 0.208 e. The Bertz CT molecular complexity index is 1880. The number of aromatic hydroxyl groups is 1. The number of ether oxygens (including phenoxy) is 2. The average molecular weight is 885 g/mol. The van der Waals surface area contributed by atoms with Gasteiger partial charge in [0.1, 0.15) is 36.2 Å². The molecule has 352 valence electrons. The van der Waals surface area contributed by atoms with Crippen LogP contribution in [0, 0.1) is 35.2 Å². The molecule has 0 radical (unpaired) electrons. The molecule has 7 rings (SSSR count). The minimum Gasteiger partial charge on any atom is -0.504 e. The number of nitrogens with two attached hydrogens (primary N) is 2. The van der Waals surface area contributed by atoms with Crippen LogP contribution in [-0.2, 0) is 12.8 Å². The van der Waals surface area contributed by atoms with Gasteiger partial charge < -0.3 is 51.8 Å². The van der Waals surface area contributed by atoms with Crippen molar-refractivity contribution in [3.63, 3.8) is 0 Å². The number of aliphatic hydroxyl groups excluding tert-OH is 4. The monoisotopic (exact) mass is 885 g/mol. The van der Waals surface area contributed by atoms with E-state index in [2.05, 4.69) is 16.4 Å². The lowest BCUT2D eigenvalue weighted by Gasteiger charge is -2.37. The van der Waals surface area contributed by atoms with E-state index in [1.807, 2.05) is 37.3 Å². The van der Waals surface area contributed by atoms with E-state index in [4.69, 9.17) is 25.9 Å². The number of pyridine rings is 1. The molecule has 64 heavy (non-hydrogen) atoms. The van der Waals surface area contributed by atoms with Crippen LogP contribution in [0.1, 0.15) is 134 Å². The Kier molecular flexibility index (Phi) is 17.5. The van der Waals surface area contributed by atoms with E-state index < -0.39 is 12.2 Å². The molecule has 0 amide bonds. The highest BCUT2D eigenvalue weighted by Gasteiger charge is 2.58. The SMILES string of the molecule is C[C@H](O)CNC[C@@H]1[C+]2C=C([C@@H](O)COc3cc(CC[C-]4C=C(CO)C(CCCCCC[C@H](N)CC[C@H](O)CCc5ccnc(N)c5)[OH+]4)ccc3O)N=C2CC2(CCCC2)[C@H]2CCC[C@@H]12. The second-order valence-electron chi connectivity index (χ2n) is 19.9. The van der Waals surface area contributed by atoms with Gasteiger partial charge in [0.2, 0.25) is 5.70 Å². The molecule has 11 N–H and O–H groups in total. The van der Waals surface area contributed by atoms with E-state index in [-0.39, 0.29) is 37.2 Å². The number of nitrogens with zero attached hydrogens (tertiary/aromatic N) is 2. The molecule has 3 heterocycles. The summed E-state index contributed by atoms with van der Waals surface area (Å²) in [4.78, 5) is 9.16.